The van der Waals surface area contributed by atoms with E-state index in [0.29, 0.717) is 23.0 Å². The molecule has 0 saturated heterocycles. The fraction of sp³-hybridized carbons (Fsp3) is 0.200. The SMILES string of the molecule is C=C(Nc1ccccn1)S/C(=C\N)Sc1ccnc(C(=O)NCC(O)(CCC)c2ccccn2)c1. The summed E-state index contributed by atoms with van der Waals surface area (Å²) in [5.41, 5.74) is 5.32. The Morgan fingerprint density at radius 1 is 1.14 bits per heavy atom. The van der Waals surface area contributed by atoms with Crippen molar-refractivity contribution in [3.05, 3.63) is 101 Å². The number of rotatable bonds is 12. The first kappa shape index (κ1) is 26.3. The Hall–Kier alpha value is -3.34. The van der Waals surface area contributed by atoms with Gasteiger partial charge in [-0.2, -0.15) is 0 Å². The molecule has 3 aromatic rings. The van der Waals surface area contributed by atoms with E-state index in [-0.39, 0.29) is 18.1 Å². The molecule has 3 rings (SSSR count). The first-order chi connectivity index (χ1) is 16.9. The van der Waals surface area contributed by atoms with E-state index in [9.17, 15) is 9.90 Å². The molecule has 5 N–H and O–H groups in total. The van der Waals surface area contributed by atoms with E-state index in [4.69, 9.17) is 5.73 Å². The second-order valence-corrected chi connectivity index (χ2v) is 10.0. The Morgan fingerprint density at radius 2 is 1.91 bits per heavy atom. The van der Waals surface area contributed by atoms with E-state index >= 15 is 0 Å². The molecule has 0 saturated carbocycles. The molecular formula is C25H28N6O2S2. The van der Waals surface area contributed by atoms with Crippen LogP contribution in [0.5, 0.6) is 0 Å². The number of carbonyl (C=O) groups excluding carboxylic acids is 1. The van der Waals surface area contributed by atoms with E-state index in [2.05, 4.69) is 32.2 Å². The van der Waals surface area contributed by atoms with Gasteiger partial charge in [0.1, 0.15) is 17.1 Å². The number of nitrogens with two attached hydrogens (primary N) is 1. The number of aliphatic hydroxyl groups is 1. The molecule has 0 aliphatic heterocycles. The van der Waals surface area contributed by atoms with E-state index < -0.39 is 5.60 Å². The van der Waals surface area contributed by atoms with Gasteiger partial charge in [0.2, 0.25) is 0 Å². The van der Waals surface area contributed by atoms with Crippen molar-refractivity contribution in [3.63, 3.8) is 0 Å². The van der Waals surface area contributed by atoms with Gasteiger partial charge >= 0.3 is 0 Å². The molecule has 8 nitrogen and oxygen atoms in total. The highest BCUT2D eigenvalue weighted by Gasteiger charge is 2.30. The largest absolute Gasteiger partial charge is 0.403 e. The van der Waals surface area contributed by atoms with Gasteiger partial charge in [-0.1, -0.05) is 55.6 Å². The predicted octanol–water partition coefficient (Wildman–Crippen LogP) is 4.46. The van der Waals surface area contributed by atoms with Gasteiger partial charge in [0.05, 0.1) is 21.5 Å². The summed E-state index contributed by atoms with van der Waals surface area (Å²) >= 11 is 2.74. The molecule has 0 aromatic carbocycles. The van der Waals surface area contributed by atoms with Crippen LogP contribution in [0.2, 0.25) is 0 Å². The van der Waals surface area contributed by atoms with Crippen molar-refractivity contribution in [2.24, 2.45) is 5.73 Å². The lowest BCUT2D eigenvalue weighted by Gasteiger charge is -2.27. The third-order valence-corrected chi connectivity index (χ3v) is 6.83. The van der Waals surface area contributed by atoms with Crippen molar-refractivity contribution in [1.82, 2.24) is 20.3 Å². The number of thioether (sulfide) groups is 2. The number of amides is 1. The lowest BCUT2D eigenvalue weighted by Crippen LogP contribution is -2.41. The predicted molar refractivity (Wildman–Crippen MR) is 142 cm³/mol. The maximum atomic E-state index is 12.8. The van der Waals surface area contributed by atoms with Crippen LogP contribution in [0.3, 0.4) is 0 Å². The summed E-state index contributed by atoms with van der Waals surface area (Å²) < 4.78 is 0.767. The Labute approximate surface area is 213 Å². The summed E-state index contributed by atoms with van der Waals surface area (Å²) in [6.45, 7) is 6.01. The highest BCUT2D eigenvalue weighted by Crippen LogP contribution is 2.37. The standard InChI is InChI=1S/C25H28N6O2S2/c1-3-11-25(33,21-8-4-6-12-28-21)17-30-24(32)20-15-19(10-14-27-20)35-23(16-26)34-18(2)31-22-9-5-7-13-29-22/h4-10,12-16,33H,2-3,11,17,26H2,1H3,(H,29,31)(H,30,32)/b23-16+. The van der Waals surface area contributed by atoms with Gasteiger partial charge in [-0.05, 0) is 42.8 Å². The number of aromatic nitrogens is 3. The van der Waals surface area contributed by atoms with Gasteiger partial charge in [-0.25, -0.2) is 4.98 Å². The topological polar surface area (TPSA) is 126 Å². The molecule has 3 heterocycles. The van der Waals surface area contributed by atoms with E-state index in [1.807, 2.05) is 31.2 Å². The Kier molecular flexibility index (Phi) is 9.71. The van der Waals surface area contributed by atoms with Crippen LogP contribution in [-0.4, -0.2) is 32.5 Å². The summed E-state index contributed by atoms with van der Waals surface area (Å²) in [6.07, 6.45) is 7.57. The molecule has 1 atom stereocenters. The minimum absolute atomic E-state index is 0.0263. The van der Waals surface area contributed by atoms with Gasteiger partial charge in [0.25, 0.3) is 5.91 Å². The van der Waals surface area contributed by atoms with Crippen molar-refractivity contribution in [1.29, 1.82) is 0 Å². The van der Waals surface area contributed by atoms with Gasteiger partial charge in [0, 0.05) is 29.7 Å². The summed E-state index contributed by atoms with van der Waals surface area (Å²) in [5, 5.41) is 17.7. The average molecular weight is 509 g/mol. The minimum atomic E-state index is -1.26. The van der Waals surface area contributed by atoms with Gasteiger partial charge in [0.15, 0.2) is 0 Å². The number of pyridine rings is 3. The average Bonchev–Trinajstić information content (AvgIpc) is 2.88. The Morgan fingerprint density at radius 3 is 2.57 bits per heavy atom. The highest BCUT2D eigenvalue weighted by molar-refractivity contribution is 8.24. The molecular weight excluding hydrogens is 480 g/mol. The van der Waals surface area contributed by atoms with Crippen molar-refractivity contribution in [2.75, 3.05) is 11.9 Å². The van der Waals surface area contributed by atoms with Crippen molar-refractivity contribution in [2.45, 2.75) is 30.3 Å². The van der Waals surface area contributed by atoms with E-state index in [1.165, 1.54) is 29.7 Å². The van der Waals surface area contributed by atoms with Crippen molar-refractivity contribution in [3.8, 4) is 0 Å². The van der Waals surface area contributed by atoms with Gasteiger partial charge in [-0.15, -0.1) is 0 Å². The molecule has 3 aromatic heterocycles. The van der Waals surface area contributed by atoms with E-state index in [1.54, 1.807) is 42.9 Å². The third-order valence-electron chi connectivity index (χ3n) is 4.82. The fourth-order valence-electron chi connectivity index (χ4n) is 3.21. The summed E-state index contributed by atoms with van der Waals surface area (Å²) in [6, 6.07) is 14.4. The van der Waals surface area contributed by atoms with Gasteiger partial charge in [-0.3, -0.25) is 14.8 Å². The number of hydrogen-bond acceptors (Lipinski definition) is 9. The lowest BCUT2D eigenvalue weighted by molar-refractivity contribution is 0.0221. The fourth-order valence-corrected chi connectivity index (χ4v) is 5.03. The summed E-state index contributed by atoms with van der Waals surface area (Å²) in [4.78, 5) is 26.3. The molecule has 0 fully saturated rings. The maximum absolute atomic E-state index is 12.8. The van der Waals surface area contributed by atoms with Crippen LogP contribution in [0.4, 0.5) is 5.82 Å². The van der Waals surface area contributed by atoms with Crippen LogP contribution in [-0.2, 0) is 5.60 Å². The van der Waals surface area contributed by atoms with Crippen molar-refractivity contribution < 1.29 is 9.90 Å². The summed E-state index contributed by atoms with van der Waals surface area (Å²) in [5.74, 6) is 0.299. The number of hydrogen-bond donors (Lipinski definition) is 4. The number of nitrogens with zero attached hydrogens (tertiary/aromatic N) is 3. The zero-order chi connectivity index (χ0) is 25.1. The van der Waals surface area contributed by atoms with Crippen LogP contribution in [0.15, 0.2) is 94.1 Å². The van der Waals surface area contributed by atoms with Crippen LogP contribution in [0.1, 0.15) is 35.9 Å². The third kappa shape index (κ3) is 7.84. The second kappa shape index (κ2) is 12.9. The molecule has 35 heavy (non-hydrogen) atoms. The second-order valence-electron chi connectivity index (χ2n) is 7.51. The highest BCUT2D eigenvalue weighted by atomic mass is 32.2. The summed E-state index contributed by atoms with van der Waals surface area (Å²) in [7, 11) is 0. The quantitative estimate of drug-likeness (QED) is 0.262. The number of anilines is 1. The first-order valence-electron chi connectivity index (χ1n) is 11.0. The molecule has 1 unspecified atom stereocenters. The number of carbonyl (C=O) groups is 1. The number of nitrogens with one attached hydrogen (secondary N) is 2. The molecule has 0 radical (unpaired) electrons. The van der Waals surface area contributed by atoms with Crippen molar-refractivity contribution >= 4 is 35.2 Å². The van der Waals surface area contributed by atoms with Crippen LogP contribution in [0, 0.1) is 0 Å². The lowest BCUT2D eigenvalue weighted by atomic mass is 9.93. The van der Waals surface area contributed by atoms with Crippen LogP contribution >= 0.6 is 23.5 Å². The molecule has 182 valence electrons. The minimum Gasteiger partial charge on any atom is -0.403 e. The molecule has 0 aliphatic carbocycles. The molecule has 0 aliphatic rings. The first-order valence-corrected chi connectivity index (χ1v) is 12.6. The normalized spacial score (nSPS) is 13.0. The molecule has 0 spiro atoms. The van der Waals surface area contributed by atoms with Crippen LogP contribution in [0.25, 0.3) is 0 Å². The zero-order valence-corrected chi connectivity index (χ0v) is 21.0. The van der Waals surface area contributed by atoms with Crippen LogP contribution < -0.4 is 16.4 Å². The molecule has 10 heteroatoms. The smallest absolute Gasteiger partial charge is 0.270 e. The monoisotopic (exact) mass is 508 g/mol. The van der Waals surface area contributed by atoms with E-state index in [0.717, 1.165) is 15.6 Å². The zero-order valence-electron chi connectivity index (χ0n) is 19.3. The molecule has 1 amide bonds. The molecule has 0 bridgehead atoms. The Balaban J connectivity index is 1.62. The maximum Gasteiger partial charge on any atom is 0.270 e. The van der Waals surface area contributed by atoms with Gasteiger partial charge < -0.3 is 21.5 Å². The Bertz CT molecular complexity index is 1160.